The van der Waals surface area contributed by atoms with Gasteiger partial charge in [-0.25, -0.2) is 4.98 Å². The second kappa shape index (κ2) is 5.30. The molecule has 3 aromatic rings. The molecule has 0 radical (unpaired) electrons. The van der Waals surface area contributed by atoms with Gasteiger partial charge in [0.05, 0.1) is 11.4 Å². The van der Waals surface area contributed by atoms with Crippen LogP contribution in [0.5, 0.6) is 0 Å². The first-order valence-corrected chi connectivity index (χ1v) is 9.02. The summed E-state index contributed by atoms with van der Waals surface area (Å²) in [6, 6.07) is 4.13. The number of hydrogen-bond acceptors (Lipinski definition) is 6. The highest BCUT2D eigenvalue weighted by Crippen LogP contribution is 2.44. The van der Waals surface area contributed by atoms with Gasteiger partial charge in [0.15, 0.2) is 0 Å². The molecule has 0 unspecified atom stereocenters. The zero-order chi connectivity index (χ0) is 16.1. The van der Waals surface area contributed by atoms with Crippen LogP contribution in [-0.2, 0) is 13.0 Å². The van der Waals surface area contributed by atoms with Gasteiger partial charge >= 0.3 is 0 Å². The van der Waals surface area contributed by atoms with E-state index in [4.69, 9.17) is 16.5 Å². The van der Waals surface area contributed by atoms with Gasteiger partial charge in [0.2, 0.25) is 0 Å². The summed E-state index contributed by atoms with van der Waals surface area (Å²) in [5.74, 6) is -0.488. The number of amides is 1. The molecule has 118 valence electrons. The molecule has 0 fully saturated rings. The number of hydrogen-bond donors (Lipinski definition) is 2. The lowest BCUT2D eigenvalue weighted by Crippen LogP contribution is -2.27. The number of rotatable bonds is 2. The lowest BCUT2D eigenvalue weighted by Gasteiger charge is -2.26. The number of aromatic nitrogens is 1. The largest absolute Gasteiger partial charge is 0.397 e. The van der Waals surface area contributed by atoms with Crippen molar-refractivity contribution in [2.45, 2.75) is 13.0 Å². The number of carbonyl (C=O) groups is 1. The summed E-state index contributed by atoms with van der Waals surface area (Å²) < 4.78 is 0. The third kappa shape index (κ3) is 2.23. The molecule has 0 spiro atoms. The molecule has 0 atom stereocenters. The van der Waals surface area contributed by atoms with Crippen LogP contribution < -0.4 is 11.5 Å². The Morgan fingerprint density at radius 3 is 2.96 bits per heavy atom. The Hall–Kier alpha value is -1.96. The van der Waals surface area contributed by atoms with Crippen LogP contribution in [-0.4, -0.2) is 29.4 Å². The number of nitrogens with zero attached hydrogens (tertiary/aromatic N) is 2. The Balaban J connectivity index is 2.11. The lowest BCUT2D eigenvalue weighted by molar-refractivity contribution is 0.100. The molecule has 1 amide bonds. The van der Waals surface area contributed by atoms with Crippen molar-refractivity contribution in [3.8, 4) is 10.4 Å². The fourth-order valence-corrected chi connectivity index (χ4v) is 4.93. The quantitative estimate of drug-likeness (QED) is 0.748. The molecule has 1 aliphatic heterocycles. The number of pyridine rings is 1. The highest BCUT2D eigenvalue weighted by Gasteiger charge is 2.26. The highest BCUT2D eigenvalue weighted by molar-refractivity contribution is 7.21. The first-order valence-electron chi connectivity index (χ1n) is 7.32. The van der Waals surface area contributed by atoms with Crippen molar-refractivity contribution in [2.24, 2.45) is 5.73 Å². The van der Waals surface area contributed by atoms with Gasteiger partial charge in [0.25, 0.3) is 5.91 Å². The van der Waals surface area contributed by atoms with E-state index in [0.717, 1.165) is 41.0 Å². The topological polar surface area (TPSA) is 85.2 Å². The zero-order valence-electron chi connectivity index (χ0n) is 12.6. The van der Waals surface area contributed by atoms with Crippen LogP contribution in [0.3, 0.4) is 0 Å². The van der Waals surface area contributed by atoms with Gasteiger partial charge in [0.1, 0.15) is 9.71 Å². The van der Waals surface area contributed by atoms with Crippen LogP contribution >= 0.6 is 22.7 Å². The second-order valence-corrected chi connectivity index (χ2v) is 7.71. The maximum atomic E-state index is 11.7. The van der Waals surface area contributed by atoms with Crippen LogP contribution in [0, 0.1) is 0 Å². The second-order valence-electron chi connectivity index (χ2n) is 5.77. The number of anilines is 1. The zero-order valence-corrected chi connectivity index (χ0v) is 14.3. The van der Waals surface area contributed by atoms with E-state index in [1.807, 2.05) is 6.07 Å². The molecule has 5 nitrogen and oxygen atoms in total. The molecule has 4 rings (SSSR count). The Morgan fingerprint density at radius 1 is 1.43 bits per heavy atom. The minimum Gasteiger partial charge on any atom is -0.397 e. The van der Waals surface area contributed by atoms with Crippen molar-refractivity contribution >= 4 is 44.5 Å². The third-order valence-corrected chi connectivity index (χ3v) is 6.22. The molecule has 0 aliphatic carbocycles. The fourth-order valence-electron chi connectivity index (χ4n) is 3.15. The first-order chi connectivity index (χ1) is 11.1. The summed E-state index contributed by atoms with van der Waals surface area (Å²) in [5.41, 5.74) is 15.7. The van der Waals surface area contributed by atoms with Crippen molar-refractivity contribution in [3.63, 3.8) is 0 Å². The molecule has 7 heteroatoms. The van der Waals surface area contributed by atoms with E-state index < -0.39 is 5.91 Å². The molecule has 4 heterocycles. The highest BCUT2D eigenvalue weighted by atomic mass is 32.1. The lowest BCUT2D eigenvalue weighted by atomic mass is 9.95. The molecule has 0 aromatic carbocycles. The van der Waals surface area contributed by atoms with E-state index in [9.17, 15) is 4.79 Å². The number of nitrogens with two attached hydrogens (primary N) is 2. The van der Waals surface area contributed by atoms with Gasteiger partial charge in [-0.3, -0.25) is 4.79 Å². The standard InChI is InChI=1S/C16H16N4OS2/c1-20-5-4-8-9(7-20)19-16-12(11(8)10-3-2-6-22-10)13(17)14(23-16)15(18)21/h2-3,6H,4-5,7,17H2,1H3,(H2,18,21). The molecule has 4 N–H and O–H groups in total. The van der Waals surface area contributed by atoms with E-state index in [1.54, 1.807) is 11.3 Å². The van der Waals surface area contributed by atoms with Gasteiger partial charge in [-0.2, -0.15) is 0 Å². The van der Waals surface area contributed by atoms with E-state index in [1.165, 1.54) is 21.8 Å². The third-order valence-electron chi connectivity index (χ3n) is 4.22. The number of thiophene rings is 2. The van der Waals surface area contributed by atoms with Crippen LogP contribution in [0.4, 0.5) is 5.69 Å². The number of likely N-dealkylation sites (N-methyl/N-ethyl adjacent to an activating group) is 1. The minimum absolute atomic E-state index is 0.404. The van der Waals surface area contributed by atoms with E-state index in [0.29, 0.717) is 10.6 Å². The predicted molar refractivity (Wildman–Crippen MR) is 95.9 cm³/mol. The minimum atomic E-state index is -0.488. The van der Waals surface area contributed by atoms with Gasteiger partial charge in [-0.05, 0) is 30.5 Å². The van der Waals surface area contributed by atoms with Crippen LogP contribution in [0.15, 0.2) is 17.5 Å². The SMILES string of the molecule is CN1CCc2c(nc3sc(C(N)=O)c(N)c3c2-c2cccs2)C1. The summed E-state index contributed by atoms with van der Waals surface area (Å²) in [7, 11) is 2.09. The number of primary amides is 1. The van der Waals surface area contributed by atoms with Gasteiger partial charge in [-0.15, -0.1) is 22.7 Å². The van der Waals surface area contributed by atoms with Crippen molar-refractivity contribution < 1.29 is 4.79 Å². The van der Waals surface area contributed by atoms with Gasteiger partial charge in [-0.1, -0.05) is 6.07 Å². The molecular weight excluding hydrogens is 328 g/mol. The molecule has 0 saturated heterocycles. The fraction of sp³-hybridized carbons (Fsp3) is 0.250. The Morgan fingerprint density at radius 2 is 2.26 bits per heavy atom. The summed E-state index contributed by atoms with van der Waals surface area (Å²) in [4.78, 5) is 21.1. The molecule has 23 heavy (non-hydrogen) atoms. The van der Waals surface area contributed by atoms with Gasteiger partial charge in [0, 0.05) is 28.9 Å². The maximum absolute atomic E-state index is 11.7. The van der Waals surface area contributed by atoms with E-state index in [-0.39, 0.29) is 0 Å². The number of nitrogen functional groups attached to an aromatic ring is 1. The van der Waals surface area contributed by atoms with Crippen molar-refractivity contribution in [2.75, 3.05) is 19.3 Å². The van der Waals surface area contributed by atoms with E-state index in [2.05, 4.69) is 23.4 Å². The average Bonchev–Trinajstić information content (AvgIpc) is 3.13. The molecule has 1 aliphatic rings. The molecule has 3 aromatic heterocycles. The molecular formula is C16H16N4OS2. The van der Waals surface area contributed by atoms with Crippen LogP contribution in [0.1, 0.15) is 20.9 Å². The van der Waals surface area contributed by atoms with E-state index >= 15 is 0 Å². The molecule has 0 bridgehead atoms. The Labute approximate surface area is 141 Å². The smallest absolute Gasteiger partial charge is 0.260 e. The Bertz CT molecular complexity index is 914. The number of fused-ring (bicyclic) bond motifs is 2. The van der Waals surface area contributed by atoms with Gasteiger partial charge < -0.3 is 16.4 Å². The maximum Gasteiger partial charge on any atom is 0.260 e. The Kier molecular flexibility index (Phi) is 3.37. The van der Waals surface area contributed by atoms with Crippen LogP contribution in [0.2, 0.25) is 0 Å². The number of carbonyl (C=O) groups excluding carboxylic acids is 1. The van der Waals surface area contributed by atoms with Crippen molar-refractivity contribution in [3.05, 3.63) is 33.6 Å². The molecule has 0 saturated carbocycles. The summed E-state index contributed by atoms with van der Waals surface area (Å²) >= 11 is 2.98. The summed E-state index contributed by atoms with van der Waals surface area (Å²) in [6.07, 6.45) is 0.934. The average molecular weight is 344 g/mol. The monoisotopic (exact) mass is 344 g/mol. The van der Waals surface area contributed by atoms with Crippen molar-refractivity contribution in [1.82, 2.24) is 9.88 Å². The van der Waals surface area contributed by atoms with Crippen molar-refractivity contribution in [1.29, 1.82) is 0 Å². The summed E-state index contributed by atoms with van der Waals surface area (Å²) in [5, 5.41) is 2.94. The normalized spacial score (nSPS) is 15.0. The summed E-state index contributed by atoms with van der Waals surface area (Å²) in [6.45, 7) is 1.80. The predicted octanol–water partition coefficient (Wildman–Crippen LogP) is 2.69. The van der Waals surface area contributed by atoms with Crippen LogP contribution in [0.25, 0.3) is 20.7 Å². The first kappa shape index (κ1) is 14.6.